The second kappa shape index (κ2) is 5.03. The Labute approximate surface area is 112 Å². The lowest BCUT2D eigenvalue weighted by atomic mass is 10.1. The lowest BCUT2D eigenvalue weighted by Crippen LogP contribution is -2.36. The molecule has 0 unspecified atom stereocenters. The van der Waals surface area contributed by atoms with E-state index in [9.17, 15) is 9.90 Å². The Morgan fingerprint density at radius 3 is 2.84 bits per heavy atom. The summed E-state index contributed by atoms with van der Waals surface area (Å²) in [6, 6.07) is 0. The number of ether oxygens (including phenoxy) is 1. The SMILES string of the molecule is CC(C)(C)OC(=O)N1CCCc2ncnc(O)c2C1. The third-order valence-electron chi connectivity index (χ3n) is 2.85. The van der Waals surface area contributed by atoms with E-state index < -0.39 is 5.60 Å². The molecule has 0 fully saturated rings. The number of carbonyl (C=O) groups excluding carboxylic acids is 1. The van der Waals surface area contributed by atoms with Gasteiger partial charge in [0.25, 0.3) is 0 Å². The fourth-order valence-corrected chi connectivity index (χ4v) is 2.01. The van der Waals surface area contributed by atoms with Gasteiger partial charge < -0.3 is 14.7 Å². The first-order valence-corrected chi connectivity index (χ1v) is 6.36. The molecule has 1 aliphatic rings. The van der Waals surface area contributed by atoms with E-state index in [1.54, 1.807) is 4.90 Å². The Balaban J connectivity index is 2.18. The van der Waals surface area contributed by atoms with E-state index in [4.69, 9.17) is 4.74 Å². The number of hydrogen-bond donors (Lipinski definition) is 1. The van der Waals surface area contributed by atoms with Gasteiger partial charge in [-0.3, -0.25) is 0 Å². The maximum atomic E-state index is 12.1. The van der Waals surface area contributed by atoms with Gasteiger partial charge in [-0.05, 0) is 33.6 Å². The summed E-state index contributed by atoms with van der Waals surface area (Å²) in [6.45, 7) is 6.37. The quantitative estimate of drug-likeness (QED) is 0.775. The molecule has 2 rings (SSSR count). The molecule has 6 heteroatoms. The van der Waals surface area contributed by atoms with Crippen LogP contribution in [-0.2, 0) is 17.7 Å². The normalized spacial score (nSPS) is 15.6. The molecule has 1 aromatic rings. The van der Waals surface area contributed by atoms with Crippen LogP contribution in [0.5, 0.6) is 5.88 Å². The van der Waals surface area contributed by atoms with E-state index >= 15 is 0 Å². The zero-order chi connectivity index (χ0) is 14.0. The van der Waals surface area contributed by atoms with Gasteiger partial charge in [0.2, 0.25) is 5.88 Å². The number of rotatable bonds is 0. The molecular weight excluding hydrogens is 246 g/mol. The highest BCUT2D eigenvalue weighted by atomic mass is 16.6. The summed E-state index contributed by atoms with van der Waals surface area (Å²) in [4.78, 5) is 21.6. The maximum Gasteiger partial charge on any atom is 0.410 e. The topological polar surface area (TPSA) is 75.5 Å². The molecule has 2 heterocycles. The van der Waals surface area contributed by atoms with Crippen molar-refractivity contribution in [2.45, 2.75) is 45.8 Å². The Morgan fingerprint density at radius 2 is 2.16 bits per heavy atom. The largest absolute Gasteiger partial charge is 0.493 e. The fraction of sp³-hybridized carbons (Fsp3) is 0.615. The average molecular weight is 265 g/mol. The van der Waals surface area contributed by atoms with Gasteiger partial charge in [-0.1, -0.05) is 0 Å². The van der Waals surface area contributed by atoms with Crippen LogP contribution in [0.15, 0.2) is 6.33 Å². The molecule has 1 N–H and O–H groups in total. The van der Waals surface area contributed by atoms with Crippen molar-refractivity contribution in [3.63, 3.8) is 0 Å². The van der Waals surface area contributed by atoms with E-state index in [1.807, 2.05) is 20.8 Å². The molecular formula is C13H19N3O3. The lowest BCUT2D eigenvalue weighted by molar-refractivity contribution is 0.0236. The zero-order valence-electron chi connectivity index (χ0n) is 11.5. The summed E-state index contributed by atoms with van der Waals surface area (Å²) < 4.78 is 5.35. The van der Waals surface area contributed by atoms with Crippen LogP contribution >= 0.6 is 0 Å². The van der Waals surface area contributed by atoms with Crippen molar-refractivity contribution < 1.29 is 14.6 Å². The van der Waals surface area contributed by atoms with Crippen molar-refractivity contribution in [1.82, 2.24) is 14.9 Å². The molecule has 0 saturated heterocycles. The molecule has 1 aromatic heterocycles. The van der Waals surface area contributed by atoms with Crippen LogP contribution in [0.1, 0.15) is 38.4 Å². The predicted octanol–water partition coefficient (Wildman–Crippen LogP) is 1.87. The minimum Gasteiger partial charge on any atom is -0.493 e. The van der Waals surface area contributed by atoms with Gasteiger partial charge in [-0.25, -0.2) is 14.8 Å². The van der Waals surface area contributed by atoms with E-state index in [2.05, 4.69) is 9.97 Å². The van der Waals surface area contributed by atoms with Crippen molar-refractivity contribution >= 4 is 6.09 Å². The fourth-order valence-electron chi connectivity index (χ4n) is 2.01. The first-order chi connectivity index (χ1) is 8.87. The zero-order valence-corrected chi connectivity index (χ0v) is 11.5. The van der Waals surface area contributed by atoms with Crippen molar-refractivity contribution in [2.24, 2.45) is 0 Å². The highest BCUT2D eigenvalue weighted by molar-refractivity contribution is 5.68. The third kappa shape index (κ3) is 3.33. The minimum atomic E-state index is -0.526. The van der Waals surface area contributed by atoms with Crippen LogP contribution in [0.3, 0.4) is 0 Å². The molecule has 1 aliphatic heterocycles. The number of aromatic nitrogens is 2. The van der Waals surface area contributed by atoms with Crippen LogP contribution in [-0.4, -0.2) is 38.2 Å². The highest BCUT2D eigenvalue weighted by Crippen LogP contribution is 2.24. The molecule has 0 radical (unpaired) electrons. The average Bonchev–Trinajstić information content (AvgIpc) is 2.50. The van der Waals surface area contributed by atoms with Gasteiger partial charge in [0.05, 0.1) is 17.8 Å². The molecule has 0 spiro atoms. The molecule has 0 atom stereocenters. The summed E-state index contributed by atoms with van der Waals surface area (Å²) in [5, 5.41) is 9.78. The van der Waals surface area contributed by atoms with Crippen molar-refractivity contribution in [2.75, 3.05) is 6.54 Å². The Kier molecular flexibility index (Phi) is 3.59. The van der Waals surface area contributed by atoms with Gasteiger partial charge in [-0.2, -0.15) is 0 Å². The number of hydrogen-bond acceptors (Lipinski definition) is 5. The van der Waals surface area contributed by atoms with Crippen LogP contribution in [0.4, 0.5) is 4.79 Å². The van der Waals surface area contributed by atoms with Crippen molar-refractivity contribution in [3.8, 4) is 5.88 Å². The van der Waals surface area contributed by atoms with Crippen LogP contribution < -0.4 is 0 Å². The minimum absolute atomic E-state index is 0.0551. The molecule has 0 aliphatic carbocycles. The Hall–Kier alpha value is -1.85. The second-order valence-electron chi connectivity index (χ2n) is 5.63. The molecule has 1 amide bonds. The lowest BCUT2D eigenvalue weighted by Gasteiger charge is -2.26. The number of fused-ring (bicyclic) bond motifs is 1. The van der Waals surface area contributed by atoms with Crippen molar-refractivity contribution in [3.05, 3.63) is 17.6 Å². The number of nitrogens with zero attached hydrogens (tertiary/aromatic N) is 3. The first-order valence-electron chi connectivity index (χ1n) is 6.36. The second-order valence-corrected chi connectivity index (χ2v) is 5.63. The van der Waals surface area contributed by atoms with Gasteiger partial charge in [0, 0.05) is 6.54 Å². The van der Waals surface area contributed by atoms with Crippen LogP contribution in [0.2, 0.25) is 0 Å². The first kappa shape index (κ1) is 13.6. The highest BCUT2D eigenvalue weighted by Gasteiger charge is 2.26. The van der Waals surface area contributed by atoms with Crippen LogP contribution in [0.25, 0.3) is 0 Å². The van der Waals surface area contributed by atoms with Gasteiger partial charge in [0.15, 0.2) is 0 Å². The third-order valence-corrected chi connectivity index (χ3v) is 2.85. The molecule has 0 saturated carbocycles. The predicted molar refractivity (Wildman–Crippen MR) is 68.7 cm³/mol. The Bertz CT molecular complexity index is 483. The van der Waals surface area contributed by atoms with E-state index in [-0.39, 0.29) is 18.5 Å². The van der Waals surface area contributed by atoms with Gasteiger partial charge in [-0.15, -0.1) is 0 Å². The number of carbonyl (C=O) groups is 1. The van der Waals surface area contributed by atoms with Crippen molar-refractivity contribution in [1.29, 1.82) is 0 Å². The summed E-state index contributed by atoms with van der Waals surface area (Å²) in [7, 11) is 0. The van der Waals surface area contributed by atoms with E-state index in [0.717, 1.165) is 18.5 Å². The van der Waals surface area contributed by atoms with E-state index in [0.29, 0.717) is 12.1 Å². The summed E-state index contributed by atoms with van der Waals surface area (Å²) in [5.74, 6) is -0.0551. The van der Waals surface area contributed by atoms with Gasteiger partial charge >= 0.3 is 6.09 Å². The maximum absolute atomic E-state index is 12.1. The summed E-state index contributed by atoms with van der Waals surface area (Å²) in [6.07, 6.45) is 2.49. The summed E-state index contributed by atoms with van der Waals surface area (Å²) in [5.41, 5.74) is 0.894. The van der Waals surface area contributed by atoms with Gasteiger partial charge in [0.1, 0.15) is 11.9 Å². The monoisotopic (exact) mass is 265 g/mol. The Morgan fingerprint density at radius 1 is 1.42 bits per heavy atom. The smallest absolute Gasteiger partial charge is 0.410 e. The molecule has 6 nitrogen and oxygen atoms in total. The molecule has 0 bridgehead atoms. The van der Waals surface area contributed by atoms with Crippen LogP contribution in [0, 0.1) is 0 Å². The standard InChI is InChI=1S/C13H19N3O3/c1-13(2,3)19-12(18)16-6-4-5-10-9(7-16)11(17)15-8-14-10/h8H,4-7H2,1-3H3,(H,14,15,17). The summed E-state index contributed by atoms with van der Waals surface area (Å²) >= 11 is 0. The number of aryl methyl sites for hydroxylation is 1. The molecule has 19 heavy (non-hydrogen) atoms. The number of amides is 1. The number of aromatic hydroxyl groups is 1. The molecule has 0 aromatic carbocycles. The van der Waals surface area contributed by atoms with E-state index in [1.165, 1.54) is 6.33 Å². The molecule has 104 valence electrons.